The Hall–Kier alpha value is -4.07. The van der Waals surface area contributed by atoms with Gasteiger partial charge < -0.3 is 9.09 Å². The van der Waals surface area contributed by atoms with E-state index in [0.717, 1.165) is 10.9 Å². The van der Waals surface area contributed by atoms with Gasteiger partial charge in [-0.15, -0.1) is 0 Å². The molecule has 0 atom stereocenters. The molecule has 3 heterocycles. The molecule has 0 saturated carbocycles. The maximum Gasteiger partial charge on any atom is 0.274 e. The fourth-order valence-corrected chi connectivity index (χ4v) is 3.41. The number of hydrogen-bond donors (Lipinski definition) is 0. The Balaban J connectivity index is 1.47. The summed E-state index contributed by atoms with van der Waals surface area (Å²) >= 11 is 0. The van der Waals surface area contributed by atoms with E-state index in [0.29, 0.717) is 40.9 Å². The van der Waals surface area contributed by atoms with Gasteiger partial charge in [0.05, 0.1) is 6.42 Å². The van der Waals surface area contributed by atoms with Crippen LogP contribution in [0.4, 0.5) is 0 Å². The van der Waals surface area contributed by atoms with Gasteiger partial charge in [-0.3, -0.25) is 9.48 Å². The highest BCUT2D eigenvalue weighted by atomic mass is 16.5. The van der Waals surface area contributed by atoms with E-state index < -0.39 is 0 Å². The molecule has 8 nitrogen and oxygen atoms in total. The van der Waals surface area contributed by atoms with Gasteiger partial charge >= 0.3 is 0 Å². The van der Waals surface area contributed by atoms with Gasteiger partial charge in [0.25, 0.3) is 11.4 Å². The summed E-state index contributed by atoms with van der Waals surface area (Å²) in [7, 11) is 3.53. The number of nitrogens with zero attached hydrogens (tertiary/aromatic N) is 6. The SMILES string of the molecule is Cn1nc(-c2ccccc2)nc1Cc1noc(-c2cc3ccccc3c(=O)n2C)n1. The molecule has 0 aliphatic heterocycles. The van der Waals surface area contributed by atoms with E-state index in [1.54, 1.807) is 17.8 Å². The molecule has 0 amide bonds. The van der Waals surface area contributed by atoms with Crippen molar-refractivity contribution in [3.63, 3.8) is 0 Å². The molecule has 0 unspecified atom stereocenters. The Morgan fingerprint density at radius 2 is 1.73 bits per heavy atom. The summed E-state index contributed by atoms with van der Waals surface area (Å²) in [4.78, 5) is 21.7. The van der Waals surface area contributed by atoms with Crippen LogP contribution in [0, 0.1) is 0 Å². The molecule has 0 N–H and O–H groups in total. The maximum absolute atomic E-state index is 12.7. The quantitative estimate of drug-likeness (QED) is 0.462. The zero-order valence-electron chi connectivity index (χ0n) is 16.5. The Kier molecular flexibility index (Phi) is 4.24. The maximum atomic E-state index is 12.7. The second-order valence-electron chi connectivity index (χ2n) is 7.01. The molecule has 5 rings (SSSR count). The van der Waals surface area contributed by atoms with Gasteiger partial charge in [0.1, 0.15) is 11.5 Å². The van der Waals surface area contributed by atoms with E-state index in [9.17, 15) is 4.79 Å². The van der Waals surface area contributed by atoms with Crippen LogP contribution in [0.5, 0.6) is 0 Å². The molecular formula is C22H18N6O2. The fourth-order valence-electron chi connectivity index (χ4n) is 3.41. The first-order valence-electron chi connectivity index (χ1n) is 9.47. The molecule has 0 radical (unpaired) electrons. The van der Waals surface area contributed by atoms with Gasteiger partial charge in [0.2, 0.25) is 0 Å². The molecule has 2 aromatic carbocycles. The first kappa shape index (κ1) is 18.0. The molecule has 0 aliphatic carbocycles. The van der Waals surface area contributed by atoms with Crippen molar-refractivity contribution in [1.29, 1.82) is 0 Å². The molecule has 30 heavy (non-hydrogen) atoms. The number of aromatic nitrogens is 6. The lowest BCUT2D eigenvalue weighted by atomic mass is 10.1. The van der Waals surface area contributed by atoms with Gasteiger partial charge in [-0.1, -0.05) is 53.7 Å². The average Bonchev–Trinajstić information content (AvgIpc) is 3.38. The first-order chi connectivity index (χ1) is 14.6. The van der Waals surface area contributed by atoms with Crippen molar-refractivity contribution in [2.75, 3.05) is 0 Å². The summed E-state index contributed by atoms with van der Waals surface area (Å²) < 4.78 is 8.70. The van der Waals surface area contributed by atoms with Crippen molar-refractivity contribution in [3.8, 4) is 23.0 Å². The fraction of sp³-hybridized carbons (Fsp3) is 0.136. The lowest BCUT2D eigenvalue weighted by Gasteiger charge is -2.06. The lowest BCUT2D eigenvalue weighted by molar-refractivity contribution is 0.420. The Morgan fingerprint density at radius 1 is 0.967 bits per heavy atom. The van der Waals surface area contributed by atoms with Crippen molar-refractivity contribution >= 4 is 10.8 Å². The average molecular weight is 398 g/mol. The largest absolute Gasteiger partial charge is 0.332 e. The second kappa shape index (κ2) is 7.07. The van der Waals surface area contributed by atoms with Gasteiger partial charge in [0, 0.05) is 25.0 Å². The first-order valence-corrected chi connectivity index (χ1v) is 9.47. The predicted molar refractivity (Wildman–Crippen MR) is 112 cm³/mol. The molecule has 8 heteroatoms. The van der Waals surface area contributed by atoms with E-state index in [4.69, 9.17) is 4.52 Å². The van der Waals surface area contributed by atoms with E-state index in [2.05, 4.69) is 20.2 Å². The standard InChI is InChI=1S/C22H18N6O2/c1-27-17(12-15-10-6-7-11-16(15)22(27)29)21-23-18(26-30-21)13-19-24-20(25-28(19)2)14-8-4-3-5-9-14/h3-12H,13H2,1-2H3. The summed E-state index contributed by atoms with van der Waals surface area (Å²) in [6.45, 7) is 0. The summed E-state index contributed by atoms with van der Waals surface area (Å²) in [5.41, 5.74) is 1.41. The zero-order valence-corrected chi connectivity index (χ0v) is 16.5. The van der Waals surface area contributed by atoms with E-state index in [1.807, 2.05) is 61.6 Å². The number of rotatable bonds is 4. The third-order valence-corrected chi connectivity index (χ3v) is 5.04. The van der Waals surface area contributed by atoms with E-state index in [-0.39, 0.29) is 5.56 Å². The number of aryl methyl sites for hydroxylation is 1. The van der Waals surface area contributed by atoms with Crippen LogP contribution in [0.2, 0.25) is 0 Å². The highest BCUT2D eigenvalue weighted by molar-refractivity contribution is 5.84. The summed E-state index contributed by atoms with van der Waals surface area (Å²) in [5, 5.41) is 10.0. The van der Waals surface area contributed by atoms with Crippen LogP contribution < -0.4 is 5.56 Å². The summed E-state index contributed by atoms with van der Waals surface area (Å²) in [5.74, 6) is 2.13. The Labute approximate surface area is 171 Å². The Morgan fingerprint density at radius 3 is 2.57 bits per heavy atom. The molecule has 148 valence electrons. The van der Waals surface area contributed by atoms with Crippen molar-refractivity contribution in [2.45, 2.75) is 6.42 Å². The third-order valence-electron chi connectivity index (χ3n) is 5.04. The highest BCUT2D eigenvalue weighted by Crippen LogP contribution is 2.21. The van der Waals surface area contributed by atoms with Gasteiger partial charge in [-0.05, 0) is 17.5 Å². The molecule has 0 aliphatic rings. The van der Waals surface area contributed by atoms with Crippen LogP contribution >= 0.6 is 0 Å². The number of benzene rings is 2. The molecular weight excluding hydrogens is 380 g/mol. The van der Waals surface area contributed by atoms with Crippen molar-refractivity contribution in [3.05, 3.63) is 82.7 Å². The molecule has 5 aromatic rings. The highest BCUT2D eigenvalue weighted by Gasteiger charge is 2.17. The molecule has 3 aromatic heterocycles. The minimum atomic E-state index is -0.108. The minimum Gasteiger partial charge on any atom is -0.332 e. The van der Waals surface area contributed by atoms with Crippen molar-refractivity contribution < 1.29 is 4.52 Å². The van der Waals surface area contributed by atoms with Crippen LogP contribution in [-0.4, -0.2) is 29.5 Å². The molecule has 0 bridgehead atoms. The van der Waals surface area contributed by atoms with Gasteiger partial charge in [0.15, 0.2) is 11.6 Å². The van der Waals surface area contributed by atoms with Crippen molar-refractivity contribution in [2.24, 2.45) is 14.1 Å². The summed E-state index contributed by atoms with van der Waals surface area (Å²) in [6, 6.07) is 19.1. The molecule has 0 fully saturated rings. The third kappa shape index (κ3) is 3.08. The van der Waals surface area contributed by atoms with Gasteiger partial charge in [-0.25, -0.2) is 4.98 Å². The lowest BCUT2D eigenvalue weighted by Crippen LogP contribution is -2.18. The normalized spacial score (nSPS) is 11.3. The predicted octanol–water partition coefficient (Wildman–Crippen LogP) is 2.97. The number of hydrogen-bond acceptors (Lipinski definition) is 6. The van der Waals surface area contributed by atoms with Gasteiger partial charge in [-0.2, -0.15) is 10.1 Å². The van der Waals surface area contributed by atoms with Crippen LogP contribution in [0.1, 0.15) is 11.6 Å². The van der Waals surface area contributed by atoms with Crippen LogP contribution in [0.15, 0.2) is 70.0 Å². The Bertz CT molecular complexity index is 1410. The number of fused-ring (bicyclic) bond motifs is 1. The van der Waals surface area contributed by atoms with E-state index >= 15 is 0 Å². The topological polar surface area (TPSA) is 91.6 Å². The number of pyridine rings is 1. The molecule has 0 saturated heterocycles. The monoisotopic (exact) mass is 398 g/mol. The second-order valence-corrected chi connectivity index (χ2v) is 7.01. The molecule has 0 spiro atoms. The smallest absolute Gasteiger partial charge is 0.274 e. The van der Waals surface area contributed by atoms with Crippen LogP contribution in [0.3, 0.4) is 0 Å². The van der Waals surface area contributed by atoms with Crippen LogP contribution in [0.25, 0.3) is 33.7 Å². The minimum absolute atomic E-state index is 0.108. The van der Waals surface area contributed by atoms with Crippen LogP contribution in [-0.2, 0) is 20.5 Å². The van der Waals surface area contributed by atoms with E-state index in [1.165, 1.54) is 4.57 Å². The zero-order chi connectivity index (χ0) is 20.7. The van der Waals surface area contributed by atoms with Crippen molar-refractivity contribution in [1.82, 2.24) is 29.5 Å². The summed E-state index contributed by atoms with van der Waals surface area (Å²) in [6.07, 6.45) is 0.362.